The number of benzene rings is 1. The molecule has 1 amide bonds. The lowest BCUT2D eigenvalue weighted by Crippen LogP contribution is -2.41. The summed E-state index contributed by atoms with van der Waals surface area (Å²) < 4.78 is 6.11. The molecule has 4 nitrogen and oxygen atoms in total. The molecule has 1 rings (SSSR count). The van der Waals surface area contributed by atoms with Gasteiger partial charge in [-0.15, -0.1) is 0 Å². The Balaban J connectivity index is 2.41. The van der Waals surface area contributed by atoms with Gasteiger partial charge < -0.3 is 9.53 Å². The summed E-state index contributed by atoms with van der Waals surface area (Å²) in [5, 5.41) is 9.53. The number of unbranched alkanes of at least 4 members (excludes halogenated alkanes) is 1. The number of anilines is 1. The van der Waals surface area contributed by atoms with Crippen LogP contribution in [0.15, 0.2) is 30.3 Å². The Bertz CT molecular complexity index is 469. The van der Waals surface area contributed by atoms with Gasteiger partial charge in [-0.1, -0.05) is 39.0 Å². The Morgan fingerprint density at radius 2 is 1.77 bits per heavy atom. The number of para-hydroxylation sites is 1. The van der Waals surface area contributed by atoms with E-state index in [4.69, 9.17) is 4.43 Å². The molecule has 1 aromatic rings. The van der Waals surface area contributed by atoms with Gasteiger partial charge in [0.25, 0.3) is 0 Å². The number of hydrogen-bond acceptors (Lipinski definition) is 2. The molecule has 0 unspecified atom stereocenters. The van der Waals surface area contributed by atoms with E-state index in [1.54, 1.807) is 0 Å². The van der Waals surface area contributed by atoms with Crippen molar-refractivity contribution in [2.45, 2.75) is 51.7 Å². The zero-order valence-corrected chi connectivity index (χ0v) is 15.4. The van der Waals surface area contributed by atoms with Crippen LogP contribution in [0.3, 0.4) is 0 Å². The summed E-state index contributed by atoms with van der Waals surface area (Å²) in [6, 6.07) is 9.23. The molecule has 0 saturated carbocycles. The Labute approximate surface area is 135 Å². The number of amides is 1. The maximum atomic E-state index is 11.4. The van der Waals surface area contributed by atoms with Gasteiger partial charge in [0.05, 0.1) is 0 Å². The van der Waals surface area contributed by atoms with Crippen molar-refractivity contribution in [2.24, 2.45) is 0 Å². The lowest BCUT2D eigenvalue weighted by molar-refractivity contribution is 0.201. The van der Waals surface area contributed by atoms with Crippen LogP contribution in [0.5, 0.6) is 0 Å². The highest BCUT2D eigenvalue weighted by atomic mass is 28.4. The van der Waals surface area contributed by atoms with Gasteiger partial charge in [-0.2, -0.15) is 0 Å². The lowest BCUT2D eigenvalue weighted by atomic mass is 10.2. The highest BCUT2D eigenvalue weighted by Gasteiger charge is 2.36. The average molecular weight is 324 g/mol. The second-order valence-electron chi connectivity index (χ2n) is 7.09. The standard InChI is InChI=1S/C17H29NO3Si/c1-17(2,3)22(4,5)21-14-10-9-13-18(16(19)20)15-11-7-6-8-12-15/h6-8,11-12H,9-10,13-14H2,1-5H3,(H,19,20). The first-order valence-corrected chi connectivity index (χ1v) is 10.8. The molecule has 5 heteroatoms. The third kappa shape index (κ3) is 5.46. The van der Waals surface area contributed by atoms with Gasteiger partial charge in [0.2, 0.25) is 0 Å². The van der Waals surface area contributed by atoms with E-state index in [2.05, 4.69) is 33.9 Å². The van der Waals surface area contributed by atoms with Gasteiger partial charge in [0, 0.05) is 18.8 Å². The van der Waals surface area contributed by atoms with Crippen LogP contribution >= 0.6 is 0 Å². The topological polar surface area (TPSA) is 49.8 Å². The molecule has 0 radical (unpaired) electrons. The van der Waals surface area contributed by atoms with Gasteiger partial charge in [0.15, 0.2) is 8.32 Å². The SMILES string of the molecule is CC(C)(C)[Si](C)(C)OCCCCN(C(=O)O)c1ccccc1. The predicted molar refractivity (Wildman–Crippen MR) is 94.2 cm³/mol. The van der Waals surface area contributed by atoms with Crippen LogP contribution in [0.25, 0.3) is 0 Å². The highest BCUT2D eigenvalue weighted by molar-refractivity contribution is 6.74. The number of hydrogen-bond donors (Lipinski definition) is 1. The van der Waals surface area contributed by atoms with E-state index in [1.165, 1.54) is 4.90 Å². The summed E-state index contributed by atoms with van der Waals surface area (Å²) >= 11 is 0. The molecular weight excluding hydrogens is 294 g/mol. The van der Waals surface area contributed by atoms with E-state index in [0.29, 0.717) is 13.2 Å². The average Bonchev–Trinajstić information content (AvgIpc) is 2.42. The quantitative estimate of drug-likeness (QED) is 0.569. The van der Waals surface area contributed by atoms with Gasteiger partial charge in [-0.05, 0) is 43.1 Å². The Morgan fingerprint density at radius 3 is 2.27 bits per heavy atom. The van der Waals surface area contributed by atoms with Crippen molar-refractivity contribution in [3.63, 3.8) is 0 Å². The smallest absolute Gasteiger partial charge is 0.411 e. The van der Waals surface area contributed by atoms with E-state index >= 15 is 0 Å². The van der Waals surface area contributed by atoms with Crippen LogP contribution in [0.4, 0.5) is 10.5 Å². The Morgan fingerprint density at radius 1 is 1.18 bits per heavy atom. The molecule has 0 aliphatic rings. The minimum atomic E-state index is -1.70. The first kappa shape index (κ1) is 18.7. The number of rotatable bonds is 7. The van der Waals surface area contributed by atoms with Crippen molar-refractivity contribution >= 4 is 20.1 Å². The van der Waals surface area contributed by atoms with Crippen molar-refractivity contribution in [3.05, 3.63) is 30.3 Å². The van der Waals surface area contributed by atoms with E-state index in [0.717, 1.165) is 18.5 Å². The molecule has 0 saturated heterocycles. The maximum Gasteiger partial charge on any atom is 0.411 e. The molecule has 0 heterocycles. The molecule has 0 aliphatic carbocycles. The van der Waals surface area contributed by atoms with Crippen LogP contribution in [0.2, 0.25) is 18.1 Å². The van der Waals surface area contributed by atoms with Gasteiger partial charge in [-0.3, -0.25) is 4.90 Å². The lowest BCUT2D eigenvalue weighted by Gasteiger charge is -2.36. The first-order chi connectivity index (χ1) is 10.1. The van der Waals surface area contributed by atoms with Crippen molar-refractivity contribution in [3.8, 4) is 0 Å². The molecule has 1 N–H and O–H groups in total. The summed E-state index contributed by atoms with van der Waals surface area (Å²) in [4.78, 5) is 12.8. The number of nitrogens with zero attached hydrogens (tertiary/aromatic N) is 1. The molecule has 124 valence electrons. The summed E-state index contributed by atoms with van der Waals surface area (Å²) in [6.45, 7) is 12.3. The first-order valence-electron chi connectivity index (χ1n) is 7.84. The molecule has 1 aromatic carbocycles. The zero-order chi connectivity index (χ0) is 16.8. The van der Waals surface area contributed by atoms with Crippen LogP contribution in [0.1, 0.15) is 33.6 Å². The molecular formula is C17H29NO3Si. The Kier molecular flexibility index (Phi) is 6.62. The third-order valence-corrected chi connectivity index (χ3v) is 8.88. The normalized spacial score (nSPS) is 12.2. The summed E-state index contributed by atoms with van der Waals surface area (Å²) in [5.74, 6) is 0. The largest absolute Gasteiger partial charge is 0.465 e. The monoisotopic (exact) mass is 323 g/mol. The minimum absolute atomic E-state index is 0.212. The summed E-state index contributed by atoms with van der Waals surface area (Å²) in [6.07, 6.45) is 0.773. The van der Waals surface area contributed by atoms with Crippen LogP contribution in [-0.4, -0.2) is 32.7 Å². The van der Waals surface area contributed by atoms with Crippen molar-refractivity contribution in [1.29, 1.82) is 0 Å². The summed E-state index contributed by atoms with van der Waals surface area (Å²) in [7, 11) is -1.70. The van der Waals surface area contributed by atoms with Crippen molar-refractivity contribution in [2.75, 3.05) is 18.1 Å². The van der Waals surface area contributed by atoms with Crippen LogP contribution in [0, 0.1) is 0 Å². The second kappa shape index (κ2) is 7.79. The molecule has 0 aliphatic heterocycles. The molecule has 22 heavy (non-hydrogen) atoms. The van der Waals surface area contributed by atoms with E-state index in [9.17, 15) is 9.90 Å². The van der Waals surface area contributed by atoms with Crippen molar-refractivity contribution in [1.82, 2.24) is 0 Å². The molecule has 0 atom stereocenters. The van der Waals surface area contributed by atoms with Gasteiger partial charge in [-0.25, -0.2) is 4.79 Å². The number of carboxylic acid groups (broad SMARTS) is 1. The fourth-order valence-corrected chi connectivity index (χ4v) is 2.95. The second-order valence-corrected chi connectivity index (χ2v) is 11.9. The van der Waals surface area contributed by atoms with Gasteiger partial charge >= 0.3 is 6.09 Å². The molecule has 0 spiro atoms. The van der Waals surface area contributed by atoms with E-state index in [1.807, 2.05) is 30.3 Å². The minimum Gasteiger partial charge on any atom is -0.465 e. The van der Waals surface area contributed by atoms with E-state index in [-0.39, 0.29) is 5.04 Å². The Hall–Kier alpha value is -1.33. The predicted octanol–water partition coefficient (Wildman–Crippen LogP) is 4.97. The zero-order valence-electron chi connectivity index (χ0n) is 14.4. The summed E-state index contributed by atoms with van der Waals surface area (Å²) in [5.41, 5.74) is 0.723. The van der Waals surface area contributed by atoms with E-state index < -0.39 is 14.4 Å². The fraction of sp³-hybridized carbons (Fsp3) is 0.588. The maximum absolute atomic E-state index is 11.4. The highest BCUT2D eigenvalue weighted by Crippen LogP contribution is 2.36. The van der Waals surface area contributed by atoms with Crippen molar-refractivity contribution < 1.29 is 14.3 Å². The third-order valence-electron chi connectivity index (χ3n) is 4.34. The van der Waals surface area contributed by atoms with Crippen LogP contribution < -0.4 is 4.90 Å². The number of carbonyl (C=O) groups is 1. The molecule has 0 fully saturated rings. The van der Waals surface area contributed by atoms with Crippen LogP contribution in [-0.2, 0) is 4.43 Å². The molecule has 0 bridgehead atoms. The fourth-order valence-electron chi connectivity index (χ4n) is 1.86. The molecule has 0 aromatic heterocycles. The van der Waals surface area contributed by atoms with Gasteiger partial charge in [0.1, 0.15) is 0 Å².